The Morgan fingerprint density at radius 2 is 1.64 bits per heavy atom. The molecule has 1 heterocycles. The van der Waals surface area contributed by atoms with Gasteiger partial charge in [-0.2, -0.15) is 0 Å². The summed E-state index contributed by atoms with van der Waals surface area (Å²) in [4.78, 5) is 2.43. The van der Waals surface area contributed by atoms with Gasteiger partial charge in [0.05, 0.1) is 13.2 Å². The average molecular weight is 356 g/mol. The number of anilines is 1. The van der Waals surface area contributed by atoms with E-state index in [0.717, 1.165) is 51.5 Å². The highest BCUT2D eigenvalue weighted by atomic mass is 32.1. The van der Waals surface area contributed by atoms with E-state index in [0.29, 0.717) is 5.11 Å². The molecule has 0 aliphatic carbocycles. The van der Waals surface area contributed by atoms with Gasteiger partial charge in [0.25, 0.3) is 0 Å². The van der Waals surface area contributed by atoms with Crippen LogP contribution < -0.4 is 10.6 Å². The van der Waals surface area contributed by atoms with Crippen molar-refractivity contribution >= 4 is 23.0 Å². The number of hydrogen-bond acceptors (Lipinski definition) is 3. The maximum absolute atomic E-state index is 5.38. The van der Waals surface area contributed by atoms with Gasteiger partial charge in [0.1, 0.15) is 0 Å². The molecule has 1 aliphatic heterocycles. The zero-order chi connectivity index (χ0) is 17.3. The third-order valence-corrected chi connectivity index (χ3v) is 4.54. The van der Waals surface area contributed by atoms with Crippen LogP contribution in [0.1, 0.15) is 6.42 Å². The molecule has 0 aromatic heterocycles. The van der Waals surface area contributed by atoms with Crippen LogP contribution in [0.25, 0.3) is 11.1 Å². The second kappa shape index (κ2) is 9.51. The normalized spacial score (nSPS) is 14.9. The van der Waals surface area contributed by atoms with E-state index in [1.165, 1.54) is 11.1 Å². The summed E-state index contributed by atoms with van der Waals surface area (Å²) in [5.74, 6) is 0. The lowest BCUT2D eigenvalue weighted by Crippen LogP contribution is -2.38. The van der Waals surface area contributed by atoms with Crippen molar-refractivity contribution in [3.63, 3.8) is 0 Å². The minimum Gasteiger partial charge on any atom is -0.379 e. The van der Waals surface area contributed by atoms with E-state index in [4.69, 9.17) is 17.0 Å². The molecule has 2 aromatic rings. The highest BCUT2D eigenvalue weighted by Gasteiger charge is 2.09. The molecular formula is C20H25N3OS. The summed E-state index contributed by atoms with van der Waals surface area (Å²) in [6.45, 7) is 5.75. The SMILES string of the molecule is S=C(NCCCN1CCOCC1)Nc1ccc(-c2ccccc2)cc1. The van der Waals surface area contributed by atoms with Gasteiger partial charge in [0, 0.05) is 25.3 Å². The Kier molecular flexibility index (Phi) is 6.79. The number of thiocarbonyl (C=S) groups is 1. The summed E-state index contributed by atoms with van der Waals surface area (Å²) >= 11 is 5.38. The van der Waals surface area contributed by atoms with Crippen molar-refractivity contribution in [3.05, 3.63) is 54.6 Å². The number of nitrogens with zero attached hydrogens (tertiary/aromatic N) is 1. The van der Waals surface area contributed by atoms with Gasteiger partial charge in [-0.1, -0.05) is 42.5 Å². The van der Waals surface area contributed by atoms with E-state index in [2.05, 4.69) is 64.1 Å². The first-order chi connectivity index (χ1) is 12.3. The van der Waals surface area contributed by atoms with Gasteiger partial charge in [0.15, 0.2) is 5.11 Å². The fourth-order valence-corrected chi connectivity index (χ4v) is 3.10. The lowest BCUT2D eigenvalue weighted by atomic mass is 10.1. The summed E-state index contributed by atoms with van der Waals surface area (Å²) in [6.07, 6.45) is 1.08. The largest absolute Gasteiger partial charge is 0.379 e. The van der Waals surface area contributed by atoms with Crippen molar-refractivity contribution in [2.24, 2.45) is 0 Å². The molecule has 0 radical (unpaired) electrons. The van der Waals surface area contributed by atoms with Crippen LogP contribution in [0.15, 0.2) is 54.6 Å². The summed E-state index contributed by atoms with van der Waals surface area (Å²) in [7, 11) is 0. The van der Waals surface area contributed by atoms with Crippen LogP contribution in [0.3, 0.4) is 0 Å². The Morgan fingerprint density at radius 3 is 2.36 bits per heavy atom. The molecule has 25 heavy (non-hydrogen) atoms. The summed E-state index contributed by atoms with van der Waals surface area (Å²) < 4.78 is 5.36. The van der Waals surface area contributed by atoms with Gasteiger partial charge in [-0.3, -0.25) is 4.90 Å². The Morgan fingerprint density at radius 1 is 0.960 bits per heavy atom. The third kappa shape index (κ3) is 5.81. The molecule has 0 spiro atoms. The molecule has 0 unspecified atom stereocenters. The van der Waals surface area contributed by atoms with Gasteiger partial charge in [0.2, 0.25) is 0 Å². The van der Waals surface area contributed by atoms with E-state index in [1.54, 1.807) is 0 Å². The first-order valence-corrected chi connectivity index (χ1v) is 9.22. The molecule has 0 bridgehead atoms. The maximum atomic E-state index is 5.38. The van der Waals surface area contributed by atoms with Crippen LogP contribution in [0.2, 0.25) is 0 Å². The number of morpholine rings is 1. The Bertz CT molecular complexity index is 654. The van der Waals surface area contributed by atoms with Gasteiger partial charge in [-0.05, 0) is 48.4 Å². The molecular weight excluding hydrogens is 330 g/mol. The van der Waals surface area contributed by atoms with Gasteiger partial charge in [-0.15, -0.1) is 0 Å². The number of benzene rings is 2. The van der Waals surface area contributed by atoms with Crippen molar-refractivity contribution in [1.82, 2.24) is 10.2 Å². The molecule has 5 heteroatoms. The molecule has 1 aliphatic rings. The summed E-state index contributed by atoms with van der Waals surface area (Å²) in [6, 6.07) is 18.7. The van der Waals surface area contributed by atoms with Gasteiger partial charge in [-0.25, -0.2) is 0 Å². The number of rotatable bonds is 6. The lowest BCUT2D eigenvalue weighted by Gasteiger charge is -2.26. The predicted octanol–water partition coefficient (Wildman–Crippen LogP) is 3.36. The van der Waals surface area contributed by atoms with Crippen LogP contribution in [-0.4, -0.2) is 49.4 Å². The minimum atomic E-state index is 0.675. The second-order valence-corrected chi connectivity index (χ2v) is 6.54. The lowest BCUT2D eigenvalue weighted by molar-refractivity contribution is 0.0376. The summed E-state index contributed by atoms with van der Waals surface area (Å²) in [5.41, 5.74) is 3.43. The van der Waals surface area contributed by atoms with Crippen molar-refractivity contribution in [3.8, 4) is 11.1 Å². The van der Waals surface area contributed by atoms with E-state index in [9.17, 15) is 0 Å². The molecule has 2 aromatic carbocycles. The highest BCUT2D eigenvalue weighted by Crippen LogP contribution is 2.20. The molecule has 1 fully saturated rings. The zero-order valence-electron chi connectivity index (χ0n) is 14.4. The molecule has 0 atom stereocenters. The maximum Gasteiger partial charge on any atom is 0.170 e. The molecule has 1 saturated heterocycles. The zero-order valence-corrected chi connectivity index (χ0v) is 15.2. The predicted molar refractivity (Wildman–Crippen MR) is 108 cm³/mol. The Balaban J connectivity index is 1.39. The van der Waals surface area contributed by atoms with E-state index in [-0.39, 0.29) is 0 Å². The fraction of sp³-hybridized carbons (Fsp3) is 0.350. The van der Waals surface area contributed by atoms with Gasteiger partial charge < -0.3 is 15.4 Å². The molecule has 2 N–H and O–H groups in total. The minimum absolute atomic E-state index is 0.675. The van der Waals surface area contributed by atoms with Crippen LogP contribution in [0.4, 0.5) is 5.69 Å². The number of hydrogen-bond donors (Lipinski definition) is 2. The van der Waals surface area contributed by atoms with Crippen LogP contribution >= 0.6 is 12.2 Å². The molecule has 3 rings (SSSR count). The third-order valence-electron chi connectivity index (χ3n) is 4.29. The van der Waals surface area contributed by atoms with E-state index < -0.39 is 0 Å². The molecule has 132 valence electrons. The van der Waals surface area contributed by atoms with Crippen LogP contribution in [0.5, 0.6) is 0 Å². The second-order valence-electron chi connectivity index (χ2n) is 6.13. The fourth-order valence-electron chi connectivity index (χ4n) is 2.88. The standard InChI is InChI=1S/C20H25N3OS/c25-20(21-11-4-12-23-13-15-24-16-14-23)22-19-9-7-18(8-10-19)17-5-2-1-3-6-17/h1-3,5-10H,4,11-16H2,(H2,21,22,25). The van der Waals surface area contributed by atoms with Crippen molar-refractivity contribution < 1.29 is 4.74 Å². The number of nitrogens with one attached hydrogen (secondary N) is 2. The summed E-state index contributed by atoms with van der Waals surface area (Å²) in [5, 5.41) is 7.20. The smallest absolute Gasteiger partial charge is 0.170 e. The van der Waals surface area contributed by atoms with Crippen LogP contribution in [0, 0.1) is 0 Å². The van der Waals surface area contributed by atoms with Crippen molar-refractivity contribution in [2.45, 2.75) is 6.42 Å². The van der Waals surface area contributed by atoms with Crippen molar-refractivity contribution in [2.75, 3.05) is 44.7 Å². The van der Waals surface area contributed by atoms with Crippen molar-refractivity contribution in [1.29, 1.82) is 0 Å². The Hall–Kier alpha value is -1.95. The molecule has 0 saturated carbocycles. The molecule has 4 nitrogen and oxygen atoms in total. The monoisotopic (exact) mass is 355 g/mol. The molecule has 0 amide bonds. The first-order valence-electron chi connectivity index (χ1n) is 8.82. The van der Waals surface area contributed by atoms with Gasteiger partial charge >= 0.3 is 0 Å². The average Bonchev–Trinajstić information content (AvgIpc) is 2.67. The number of ether oxygens (including phenoxy) is 1. The quantitative estimate of drug-likeness (QED) is 0.614. The first kappa shape index (κ1) is 17.9. The van der Waals surface area contributed by atoms with Crippen LogP contribution in [-0.2, 0) is 4.74 Å². The topological polar surface area (TPSA) is 36.5 Å². The van der Waals surface area contributed by atoms with E-state index in [1.807, 2.05) is 6.07 Å². The Labute approximate surface area is 155 Å². The van der Waals surface area contributed by atoms with E-state index >= 15 is 0 Å². The highest BCUT2D eigenvalue weighted by molar-refractivity contribution is 7.80.